The molecule has 0 radical (unpaired) electrons. The van der Waals surface area contributed by atoms with Crippen LogP contribution < -0.4 is 10.1 Å². The van der Waals surface area contributed by atoms with Crippen LogP contribution in [0.5, 0.6) is 5.75 Å². The number of hydrogen-bond donors (Lipinski definition) is 1. The van der Waals surface area contributed by atoms with Crippen molar-refractivity contribution < 1.29 is 9.15 Å². The van der Waals surface area contributed by atoms with Gasteiger partial charge in [-0.3, -0.25) is 4.98 Å². The van der Waals surface area contributed by atoms with Gasteiger partial charge < -0.3 is 14.5 Å². The summed E-state index contributed by atoms with van der Waals surface area (Å²) in [5, 5.41) is 4.36. The van der Waals surface area contributed by atoms with E-state index in [2.05, 4.69) is 26.3 Å². The van der Waals surface area contributed by atoms with Gasteiger partial charge in [-0.1, -0.05) is 12.1 Å². The van der Waals surface area contributed by atoms with Crippen molar-refractivity contribution in [1.29, 1.82) is 0 Å². The third kappa shape index (κ3) is 4.09. The van der Waals surface area contributed by atoms with Crippen molar-refractivity contribution in [2.75, 3.05) is 5.32 Å². The molecule has 6 heteroatoms. The van der Waals surface area contributed by atoms with Crippen molar-refractivity contribution in [2.45, 2.75) is 13.5 Å². The molecule has 3 aromatic heterocycles. The predicted molar refractivity (Wildman–Crippen MR) is 120 cm³/mol. The Labute approximate surface area is 179 Å². The average Bonchev–Trinajstić information content (AvgIpc) is 3.34. The van der Waals surface area contributed by atoms with Gasteiger partial charge in [0.1, 0.15) is 24.5 Å². The molecule has 0 fully saturated rings. The van der Waals surface area contributed by atoms with E-state index >= 15 is 0 Å². The van der Waals surface area contributed by atoms with E-state index in [9.17, 15) is 0 Å². The number of fused-ring (bicyclic) bond motifs is 1. The zero-order valence-electron chi connectivity index (χ0n) is 16.9. The van der Waals surface area contributed by atoms with E-state index < -0.39 is 0 Å². The summed E-state index contributed by atoms with van der Waals surface area (Å²) < 4.78 is 11.1. The largest absolute Gasteiger partial charge is 0.487 e. The Balaban J connectivity index is 1.39. The number of hydrogen-bond acceptors (Lipinski definition) is 6. The molecule has 0 spiro atoms. The lowest BCUT2D eigenvalue weighted by Crippen LogP contribution is -2.00. The van der Waals surface area contributed by atoms with Gasteiger partial charge in [-0.15, -0.1) is 0 Å². The number of aryl methyl sites for hydroxylation is 1. The Kier molecular flexibility index (Phi) is 5.02. The molecule has 2 aromatic carbocycles. The molecule has 0 aliphatic heterocycles. The molecule has 0 unspecified atom stereocenters. The maximum Gasteiger partial charge on any atom is 0.141 e. The van der Waals surface area contributed by atoms with E-state index in [1.165, 1.54) is 0 Å². The zero-order chi connectivity index (χ0) is 21.0. The quantitative estimate of drug-likeness (QED) is 0.376. The lowest BCUT2D eigenvalue weighted by molar-refractivity contribution is 0.299. The Morgan fingerprint density at radius 2 is 1.90 bits per heavy atom. The third-order valence-corrected chi connectivity index (χ3v) is 5.03. The highest BCUT2D eigenvalue weighted by Gasteiger charge is 2.09. The van der Waals surface area contributed by atoms with E-state index in [0.717, 1.165) is 50.5 Å². The first-order chi connectivity index (χ1) is 15.3. The zero-order valence-corrected chi connectivity index (χ0v) is 16.9. The summed E-state index contributed by atoms with van der Waals surface area (Å²) in [4.78, 5) is 13.2. The molecule has 0 aliphatic carbocycles. The summed E-state index contributed by atoms with van der Waals surface area (Å²) in [5.74, 6) is 1.57. The topological polar surface area (TPSA) is 73.1 Å². The Hall–Kier alpha value is -4.19. The second kappa shape index (κ2) is 8.28. The van der Waals surface area contributed by atoms with Gasteiger partial charge in [-0.05, 0) is 66.6 Å². The van der Waals surface area contributed by atoms with Crippen LogP contribution in [0, 0.1) is 6.92 Å². The van der Waals surface area contributed by atoms with Crippen LogP contribution in [0.2, 0.25) is 0 Å². The summed E-state index contributed by atoms with van der Waals surface area (Å²) in [7, 11) is 0. The molecule has 0 saturated heterocycles. The van der Waals surface area contributed by atoms with Gasteiger partial charge in [-0.25, -0.2) is 9.97 Å². The molecule has 0 amide bonds. The lowest BCUT2D eigenvalue weighted by Gasteiger charge is -2.13. The number of aromatic nitrogens is 3. The fourth-order valence-corrected chi connectivity index (χ4v) is 3.43. The number of nitrogens with one attached hydrogen (secondary N) is 1. The first-order valence-electron chi connectivity index (χ1n) is 9.94. The third-order valence-electron chi connectivity index (χ3n) is 5.03. The monoisotopic (exact) mass is 408 g/mol. The van der Waals surface area contributed by atoms with Crippen LogP contribution in [0.15, 0.2) is 90.1 Å². The second-order valence-electron chi connectivity index (χ2n) is 7.18. The summed E-state index contributed by atoms with van der Waals surface area (Å²) in [6.07, 6.45) is 6.73. The molecule has 1 N–H and O–H groups in total. The summed E-state index contributed by atoms with van der Waals surface area (Å²) in [6.45, 7) is 2.45. The van der Waals surface area contributed by atoms with Crippen LogP contribution >= 0.6 is 0 Å². The molecule has 5 rings (SSSR count). The average molecular weight is 408 g/mol. The lowest BCUT2D eigenvalue weighted by atomic mass is 10.1. The molecule has 0 saturated carbocycles. The molecule has 31 heavy (non-hydrogen) atoms. The van der Waals surface area contributed by atoms with Crippen molar-refractivity contribution in [1.82, 2.24) is 15.0 Å². The first-order valence-corrected chi connectivity index (χ1v) is 9.94. The Morgan fingerprint density at radius 1 is 0.935 bits per heavy atom. The van der Waals surface area contributed by atoms with Crippen LogP contribution in [-0.4, -0.2) is 15.0 Å². The molecule has 3 heterocycles. The molecule has 0 aliphatic rings. The van der Waals surface area contributed by atoms with E-state index in [0.29, 0.717) is 6.61 Å². The Bertz CT molecular complexity index is 1320. The van der Waals surface area contributed by atoms with Crippen LogP contribution in [0.3, 0.4) is 0 Å². The smallest absolute Gasteiger partial charge is 0.141 e. The number of anilines is 2. The number of ether oxygens (including phenoxy) is 1. The van der Waals surface area contributed by atoms with Gasteiger partial charge in [0, 0.05) is 22.8 Å². The second-order valence-corrected chi connectivity index (χ2v) is 7.18. The number of furan rings is 1. The van der Waals surface area contributed by atoms with Crippen LogP contribution in [-0.2, 0) is 6.61 Å². The van der Waals surface area contributed by atoms with Gasteiger partial charge in [0.25, 0.3) is 0 Å². The number of benzene rings is 2. The first kappa shape index (κ1) is 18.8. The van der Waals surface area contributed by atoms with E-state index in [1.807, 2.05) is 61.5 Å². The van der Waals surface area contributed by atoms with E-state index in [-0.39, 0.29) is 0 Å². The number of rotatable bonds is 6. The van der Waals surface area contributed by atoms with Crippen LogP contribution in [0.25, 0.3) is 22.0 Å². The minimum atomic E-state index is 0.432. The molecule has 0 bridgehead atoms. The van der Waals surface area contributed by atoms with Crippen molar-refractivity contribution in [3.8, 4) is 16.9 Å². The van der Waals surface area contributed by atoms with Crippen molar-refractivity contribution >= 4 is 22.4 Å². The molecule has 5 aromatic rings. The maximum absolute atomic E-state index is 5.93. The van der Waals surface area contributed by atoms with Crippen molar-refractivity contribution in [3.05, 3.63) is 97.0 Å². The minimum absolute atomic E-state index is 0.432. The molecule has 6 nitrogen and oxygen atoms in total. The maximum atomic E-state index is 5.93. The van der Waals surface area contributed by atoms with Gasteiger partial charge in [0.2, 0.25) is 0 Å². The molecule has 0 atom stereocenters. The van der Waals surface area contributed by atoms with Gasteiger partial charge in [0.05, 0.1) is 23.7 Å². The fraction of sp³-hybridized carbons (Fsp3) is 0.0800. The highest BCUT2D eigenvalue weighted by molar-refractivity contribution is 5.93. The standard InChI is InChI=1S/C25H20N4O2/c1-17-12-20(6-8-24(17)31-15-21-4-2-3-10-26-21)29-25-22-13-18(19-9-11-30-14-19)5-7-23(22)27-16-28-25/h2-14,16H,15H2,1H3,(H,27,28,29). The van der Waals surface area contributed by atoms with Crippen molar-refractivity contribution in [3.63, 3.8) is 0 Å². The van der Waals surface area contributed by atoms with Crippen LogP contribution in [0.1, 0.15) is 11.3 Å². The van der Waals surface area contributed by atoms with Gasteiger partial charge in [-0.2, -0.15) is 0 Å². The van der Waals surface area contributed by atoms with Gasteiger partial charge in [0.15, 0.2) is 0 Å². The summed E-state index contributed by atoms with van der Waals surface area (Å²) in [6, 6.07) is 19.8. The highest BCUT2D eigenvalue weighted by atomic mass is 16.5. The molecular formula is C25H20N4O2. The number of pyridine rings is 1. The van der Waals surface area contributed by atoms with E-state index in [1.54, 1.807) is 25.1 Å². The fourth-order valence-electron chi connectivity index (χ4n) is 3.43. The molecular weight excluding hydrogens is 388 g/mol. The SMILES string of the molecule is Cc1cc(Nc2ncnc3ccc(-c4ccoc4)cc23)ccc1OCc1ccccn1. The Morgan fingerprint density at radius 3 is 2.71 bits per heavy atom. The summed E-state index contributed by atoms with van der Waals surface area (Å²) in [5.41, 5.74) is 5.78. The van der Waals surface area contributed by atoms with E-state index in [4.69, 9.17) is 9.15 Å². The van der Waals surface area contributed by atoms with Crippen molar-refractivity contribution in [2.24, 2.45) is 0 Å². The van der Waals surface area contributed by atoms with Crippen LogP contribution in [0.4, 0.5) is 11.5 Å². The van der Waals surface area contributed by atoms with Gasteiger partial charge >= 0.3 is 0 Å². The minimum Gasteiger partial charge on any atom is -0.487 e. The molecule has 152 valence electrons. The predicted octanol–water partition coefficient (Wildman–Crippen LogP) is 5.92. The number of nitrogens with zero attached hydrogens (tertiary/aromatic N) is 3. The normalized spacial score (nSPS) is 10.9. The highest BCUT2D eigenvalue weighted by Crippen LogP contribution is 2.30. The summed E-state index contributed by atoms with van der Waals surface area (Å²) >= 11 is 0.